The van der Waals surface area contributed by atoms with Crippen molar-refractivity contribution in [2.75, 3.05) is 11.0 Å². The van der Waals surface area contributed by atoms with Gasteiger partial charge < -0.3 is 0 Å². The molecule has 106 valence electrons. The Balaban J connectivity index is 2.30. The summed E-state index contributed by atoms with van der Waals surface area (Å²) in [4.78, 5) is 1.12. The summed E-state index contributed by atoms with van der Waals surface area (Å²) in [5, 5.41) is 0.174. The molecule has 7 heteroatoms. The molecule has 0 aliphatic carbocycles. The van der Waals surface area contributed by atoms with E-state index in [1.165, 1.54) is 6.07 Å². The third kappa shape index (κ3) is 3.69. The maximum atomic E-state index is 12.3. The minimum Gasteiger partial charge on any atom is -0.280 e. The molecule has 0 aliphatic rings. The average molecular weight is 393 g/mol. The highest BCUT2D eigenvalue weighted by Gasteiger charge is 2.18. The third-order valence-electron chi connectivity index (χ3n) is 2.53. The summed E-state index contributed by atoms with van der Waals surface area (Å²) in [6.45, 7) is 0. The Bertz CT molecular complexity index is 718. The number of rotatable bonds is 4. The zero-order chi connectivity index (χ0) is 14.8. The first-order valence-corrected chi connectivity index (χ1v) is 9.42. The second-order valence-electron chi connectivity index (χ2n) is 3.91. The molecule has 0 aromatic heterocycles. The lowest BCUT2D eigenvalue weighted by molar-refractivity contribution is 0.601. The molecular weight excluding hydrogens is 382 g/mol. The quantitative estimate of drug-likeness (QED) is 0.772. The molecule has 0 amide bonds. The Kier molecular flexibility index (Phi) is 5.01. The number of hydrogen-bond acceptors (Lipinski definition) is 3. The van der Waals surface area contributed by atoms with Crippen LogP contribution in [0.25, 0.3) is 0 Å². The first-order chi connectivity index (χ1) is 9.42. The molecule has 0 radical (unpaired) electrons. The van der Waals surface area contributed by atoms with Gasteiger partial charge in [-0.25, -0.2) is 8.42 Å². The fourth-order valence-corrected chi connectivity index (χ4v) is 4.07. The molecule has 0 unspecified atom stereocenters. The predicted molar refractivity (Wildman–Crippen MR) is 88.2 cm³/mol. The molecule has 1 N–H and O–H groups in total. The van der Waals surface area contributed by atoms with Crippen molar-refractivity contribution >= 4 is 55.0 Å². The van der Waals surface area contributed by atoms with Crippen LogP contribution >= 0.6 is 39.3 Å². The van der Waals surface area contributed by atoms with E-state index in [-0.39, 0.29) is 9.92 Å². The van der Waals surface area contributed by atoms with Crippen molar-refractivity contribution in [3.63, 3.8) is 0 Å². The largest absolute Gasteiger partial charge is 0.280 e. The van der Waals surface area contributed by atoms with Crippen molar-refractivity contribution in [1.29, 1.82) is 0 Å². The number of nitrogens with one attached hydrogen (secondary N) is 1. The molecule has 0 fully saturated rings. The maximum absolute atomic E-state index is 12.3. The average Bonchev–Trinajstić information content (AvgIpc) is 2.38. The Morgan fingerprint density at radius 3 is 2.35 bits per heavy atom. The molecule has 0 spiro atoms. The lowest BCUT2D eigenvalue weighted by atomic mass is 10.3. The van der Waals surface area contributed by atoms with Crippen LogP contribution in [-0.2, 0) is 10.0 Å². The van der Waals surface area contributed by atoms with Crippen molar-refractivity contribution in [2.24, 2.45) is 0 Å². The fraction of sp³-hybridized carbons (Fsp3) is 0.0769. The van der Waals surface area contributed by atoms with E-state index >= 15 is 0 Å². The van der Waals surface area contributed by atoms with E-state index in [1.54, 1.807) is 36.0 Å². The maximum Gasteiger partial charge on any atom is 0.263 e. The highest BCUT2D eigenvalue weighted by molar-refractivity contribution is 9.10. The van der Waals surface area contributed by atoms with Crippen LogP contribution in [0.5, 0.6) is 0 Å². The van der Waals surface area contributed by atoms with E-state index in [0.29, 0.717) is 5.69 Å². The summed E-state index contributed by atoms with van der Waals surface area (Å²) in [6.07, 6.45) is 1.96. The predicted octanol–water partition coefficient (Wildman–Crippen LogP) is 4.63. The number of halogens is 2. The molecule has 2 aromatic carbocycles. The smallest absolute Gasteiger partial charge is 0.263 e. The van der Waals surface area contributed by atoms with Crippen LogP contribution in [0.15, 0.2) is 56.7 Å². The summed E-state index contributed by atoms with van der Waals surface area (Å²) < 4.78 is 27.8. The van der Waals surface area contributed by atoms with Crippen LogP contribution in [-0.4, -0.2) is 14.7 Å². The summed E-state index contributed by atoms with van der Waals surface area (Å²) in [5.41, 5.74) is 0.502. The molecule has 2 rings (SSSR count). The van der Waals surface area contributed by atoms with Gasteiger partial charge in [0.2, 0.25) is 0 Å². The lowest BCUT2D eigenvalue weighted by Crippen LogP contribution is -2.13. The van der Waals surface area contributed by atoms with E-state index in [4.69, 9.17) is 11.6 Å². The van der Waals surface area contributed by atoms with Gasteiger partial charge >= 0.3 is 0 Å². The molecule has 20 heavy (non-hydrogen) atoms. The summed E-state index contributed by atoms with van der Waals surface area (Å²) in [7, 11) is -3.69. The number of hydrogen-bond donors (Lipinski definition) is 1. The lowest BCUT2D eigenvalue weighted by Gasteiger charge is -2.10. The van der Waals surface area contributed by atoms with Crippen molar-refractivity contribution in [2.45, 2.75) is 9.79 Å². The van der Waals surface area contributed by atoms with Crippen molar-refractivity contribution < 1.29 is 8.42 Å². The minimum absolute atomic E-state index is 0.0521. The van der Waals surface area contributed by atoms with Crippen LogP contribution in [0.4, 0.5) is 5.69 Å². The molecular formula is C13H11BrClNO2S2. The molecule has 0 bridgehead atoms. The summed E-state index contributed by atoms with van der Waals surface area (Å²) in [5.74, 6) is 0. The van der Waals surface area contributed by atoms with E-state index in [2.05, 4.69) is 20.7 Å². The van der Waals surface area contributed by atoms with Crippen molar-refractivity contribution in [3.05, 3.63) is 52.0 Å². The Labute approximate surface area is 135 Å². The van der Waals surface area contributed by atoms with E-state index < -0.39 is 10.0 Å². The second kappa shape index (κ2) is 6.39. The molecule has 0 saturated heterocycles. The van der Waals surface area contributed by atoms with Gasteiger partial charge in [0, 0.05) is 15.1 Å². The van der Waals surface area contributed by atoms with E-state index in [9.17, 15) is 8.42 Å². The normalized spacial score (nSPS) is 11.3. The summed E-state index contributed by atoms with van der Waals surface area (Å²) in [6, 6.07) is 11.8. The summed E-state index contributed by atoms with van der Waals surface area (Å²) >= 11 is 10.8. The van der Waals surface area contributed by atoms with Crippen LogP contribution in [0.3, 0.4) is 0 Å². The Morgan fingerprint density at radius 2 is 1.80 bits per heavy atom. The topological polar surface area (TPSA) is 46.2 Å². The number of anilines is 1. The van der Waals surface area contributed by atoms with Gasteiger partial charge in [0.15, 0.2) is 0 Å². The van der Waals surface area contributed by atoms with Gasteiger partial charge in [0.05, 0.1) is 5.02 Å². The van der Waals surface area contributed by atoms with Gasteiger partial charge in [-0.2, -0.15) is 0 Å². The first-order valence-electron chi connectivity index (χ1n) is 5.54. The number of thioether (sulfide) groups is 1. The monoisotopic (exact) mass is 391 g/mol. The number of benzene rings is 2. The molecule has 0 saturated carbocycles. The molecule has 2 aromatic rings. The van der Waals surface area contributed by atoms with Crippen LogP contribution < -0.4 is 4.72 Å². The van der Waals surface area contributed by atoms with Gasteiger partial charge in [-0.3, -0.25) is 4.72 Å². The third-order valence-corrected chi connectivity index (χ3v) is 5.63. The second-order valence-corrected chi connectivity index (χ2v) is 7.76. The fourth-order valence-electron chi connectivity index (χ4n) is 1.56. The van der Waals surface area contributed by atoms with Crippen LogP contribution in [0, 0.1) is 0 Å². The van der Waals surface area contributed by atoms with E-state index in [0.717, 1.165) is 9.37 Å². The van der Waals surface area contributed by atoms with Crippen molar-refractivity contribution in [1.82, 2.24) is 0 Å². The zero-order valence-electron chi connectivity index (χ0n) is 10.4. The highest BCUT2D eigenvalue weighted by Crippen LogP contribution is 2.27. The zero-order valence-corrected chi connectivity index (χ0v) is 14.4. The molecule has 0 atom stereocenters. The van der Waals surface area contributed by atoms with E-state index in [1.807, 2.05) is 18.4 Å². The standard InChI is InChI=1S/C13H11BrClNO2S2/c1-19-11-5-3-10(4-6-11)16-20(17,18)13-7-2-9(14)8-12(13)15/h2-8,16H,1H3. The molecule has 0 heterocycles. The van der Waals surface area contributed by atoms with Gasteiger partial charge in [-0.15, -0.1) is 11.8 Å². The van der Waals surface area contributed by atoms with Gasteiger partial charge in [-0.05, 0) is 48.7 Å². The van der Waals surface area contributed by atoms with Crippen molar-refractivity contribution in [3.8, 4) is 0 Å². The first kappa shape index (κ1) is 15.7. The van der Waals surface area contributed by atoms with Gasteiger partial charge in [0.1, 0.15) is 4.90 Å². The minimum atomic E-state index is -3.69. The Hall–Kier alpha value is -0.690. The Morgan fingerprint density at radius 1 is 1.15 bits per heavy atom. The van der Waals surface area contributed by atoms with Crippen LogP contribution in [0.2, 0.25) is 5.02 Å². The van der Waals surface area contributed by atoms with Gasteiger partial charge in [-0.1, -0.05) is 27.5 Å². The number of sulfonamides is 1. The SMILES string of the molecule is CSc1ccc(NS(=O)(=O)c2ccc(Br)cc2Cl)cc1. The molecule has 3 nitrogen and oxygen atoms in total. The molecule has 0 aliphatic heterocycles. The van der Waals surface area contributed by atoms with Crippen LogP contribution in [0.1, 0.15) is 0 Å². The highest BCUT2D eigenvalue weighted by atomic mass is 79.9. The van der Waals surface area contributed by atoms with Gasteiger partial charge in [0.25, 0.3) is 10.0 Å².